The number of aryl methyl sites for hydroxylation is 2. The summed E-state index contributed by atoms with van der Waals surface area (Å²) < 4.78 is 40.2. The van der Waals surface area contributed by atoms with Crippen LogP contribution in [-0.2, 0) is 14.9 Å². The minimum absolute atomic E-state index is 0.0666. The minimum atomic E-state index is -4.02. The van der Waals surface area contributed by atoms with Crippen molar-refractivity contribution >= 4 is 10.1 Å². The van der Waals surface area contributed by atoms with Gasteiger partial charge in [0.2, 0.25) is 11.7 Å². The Morgan fingerprint density at radius 2 is 1.76 bits per heavy atom. The maximum atomic E-state index is 10.5. The summed E-state index contributed by atoms with van der Waals surface area (Å²) in [6.45, 7) is 6.17. The summed E-state index contributed by atoms with van der Waals surface area (Å²) >= 11 is 0. The first kappa shape index (κ1) is 21.1. The van der Waals surface area contributed by atoms with Crippen LogP contribution in [0.3, 0.4) is 0 Å². The van der Waals surface area contributed by atoms with E-state index in [1.54, 1.807) is 19.1 Å². The standard InChI is InChI=1S/C13H15N3O2.C7H8O3S/c1-9-15-13(16-18-9)11-4-2-10(3-5-11)12-8-14-6-7-17-12;1-6-2-4-7(5-3-6)11(8,9)10/h2-5,12,14H,6-8H2,1H3;2-5H,1H3,(H,8,9,10)/t12-;/m1./s1. The zero-order valence-electron chi connectivity index (χ0n) is 16.2. The number of aromatic nitrogens is 2. The molecular weight excluding hydrogens is 394 g/mol. The van der Waals surface area contributed by atoms with Crippen LogP contribution in [0.5, 0.6) is 0 Å². The van der Waals surface area contributed by atoms with Gasteiger partial charge in [-0.25, -0.2) is 0 Å². The number of hydrogen-bond acceptors (Lipinski definition) is 7. The molecule has 0 amide bonds. The minimum Gasteiger partial charge on any atom is -0.371 e. The van der Waals surface area contributed by atoms with Crippen LogP contribution in [0.1, 0.15) is 23.1 Å². The van der Waals surface area contributed by atoms with Gasteiger partial charge in [-0.05, 0) is 24.6 Å². The molecule has 2 aromatic carbocycles. The van der Waals surface area contributed by atoms with Gasteiger partial charge in [0, 0.05) is 25.6 Å². The van der Waals surface area contributed by atoms with Crippen LogP contribution < -0.4 is 5.32 Å². The van der Waals surface area contributed by atoms with Crippen LogP contribution in [0.2, 0.25) is 0 Å². The highest BCUT2D eigenvalue weighted by atomic mass is 32.2. The summed E-state index contributed by atoms with van der Waals surface area (Å²) in [5.74, 6) is 1.20. The van der Waals surface area contributed by atoms with Crippen LogP contribution in [0, 0.1) is 13.8 Å². The first-order valence-electron chi connectivity index (χ1n) is 9.10. The van der Waals surface area contributed by atoms with Gasteiger partial charge in [0.25, 0.3) is 10.1 Å². The van der Waals surface area contributed by atoms with Gasteiger partial charge in [0.05, 0.1) is 17.6 Å². The van der Waals surface area contributed by atoms with Crippen molar-refractivity contribution in [1.29, 1.82) is 0 Å². The van der Waals surface area contributed by atoms with Crippen LogP contribution in [0.15, 0.2) is 57.9 Å². The second-order valence-corrected chi connectivity index (χ2v) is 8.03. The smallest absolute Gasteiger partial charge is 0.294 e. The molecule has 0 bridgehead atoms. The molecule has 4 rings (SSSR count). The molecule has 1 aliphatic heterocycles. The predicted molar refractivity (Wildman–Crippen MR) is 107 cm³/mol. The Balaban J connectivity index is 0.000000188. The van der Waals surface area contributed by atoms with Crippen molar-refractivity contribution in [1.82, 2.24) is 15.5 Å². The molecule has 1 fully saturated rings. The maximum Gasteiger partial charge on any atom is 0.294 e. The molecule has 0 saturated carbocycles. The van der Waals surface area contributed by atoms with Gasteiger partial charge < -0.3 is 14.6 Å². The molecule has 0 spiro atoms. The molecule has 1 aromatic heterocycles. The third-order valence-corrected chi connectivity index (χ3v) is 5.18. The van der Waals surface area contributed by atoms with E-state index in [4.69, 9.17) is 13.8 Å². The molecule has 2 N–H and O–H groups in total. The first-order chi connectivity index (χ1) is 13.8. The van der Waals surface area contributed by atoms with Crippen molar-refractivity contribution in [3.05, 3.63) is 65.5 Å². The van der Waals surface area contributed by atoms with Crippen molar-refractivity contribution in [2.45, 2.75) is 24.8 Å². The first-order valence-corrected chi connectivity index (χ1v) is 10.5. The largest absolute Gasteiger partial charge is 0.371 e. The Bertz CT molecular complexity index is 1020. The second kappa shape index (κ2) is 9.27. The summed E-state index contributed by atoms with van der Waals surface area (Å²) in [6, 6.07) is 14.1. The van der Waals surface area contributed by atoms with E-state index in [9.17, 15) is 8.42 Å². The third kappa shape index (κ3) is 5.94. The van der Waals surface area contributed by atoms with Gasteiger partial charge in [0.15, 0.2) is 0 Å². The van der Waals surface area contributed by atoms with Crippen molar-refractivity contribution < 1.29 is 22.2 Å². The Labute approximate surface area is 169 Å². The number of nitrogens with zero attached hydrogens (tertiary/aromatic N) is 2. The molecule has 154 valence electrons. The summed E-state index contributed by atoms with van der Waals surface area (Å²) in [5, 5.41) is 7.22. The lowest BCUT2D eigenvalue weighted by molar-refractivity contribution is 0.0277. The maximum absolute atomic E-state index is 10.5. The Morgan fingerprint density at radius 1 is 1.07 bits per heavy atom. The number of morpholine rings is 1. The molecular formula is C20H23N3O5S. The number of ether oxygens (including phenoxy) is 1. The van der Waals surface area contributed by atoms with Gasteiger partial charge in [-0.15, -0.1) is 0 Å². The Morgan fingerprint density at radius 3 is 2.28 bits per heavy atom. The van der Waals surface area contributed by atoms with Crippen molar-refractivity contribution in [3.8, 4) is 11.4 Å². The molecule has 3 aromatic rings. The second-order valence-electron chi connectivity index (χ2n) is 6.61. The van der Waals surface area contributed by atoms with Gasteiger partial charge >= 0.3 is 0 Å². The van der Waals surface area contributed by atoms with Gasteiger partial charge in [-0.1, -0.05) is 47.1 Å². The monoisotopic (exact) mass is 417 g/mol. The molecule has 9 heteroatoms. The van der Waals surface area contributed by atoms with Crippen molar-refractivity contribution in [3.63, 3.8) is 0 Å². The van der Waals surface area contributed by atoms with E-state index in [2.05, 4.69) is 27.6 Å². The molecule has 8 nitrogen and oxygen atoms in total. The van der Waals surface area contributed by atoms with E-state index in [1.807, 2.05) is 19.1 Å². The fourth-order valence-corrected chi connectivity index (χ4v) is 3.23. The van der Waals surface area contributed by atoms with E-state index >= 15 is 0 Å². The topological polar surface area (TPSA) is 115 Å². The molecule has 1 aliphatic rings. The summed E-state index contributed by atoms with van der Waals surface area (Å²) in [5.41, 5.74) is 3.09. The van der Waals surface area contributed by atoms with Crippen LogP contribution in [0.4, 0.5) is 0 Å². The Kier molecular flexibility index (Phi) is 6.75. The van der Waals surface area contributed by atoms with Gasteiger partial charge in [-0.3, -0.25) is 4.55 Å². The van der Waals surface area contributed by atoms with Crippen molar-refractivity contribution in [2.75, 3.05) is 19.7 Å². The zero-order chi connectivity index (χ0) is 20.9. The quantitative estimate of drug-likeness (QED) is 0.625. The average Bonchev–Trinajstić information content (AvgIpc) is 3.15. The van der Waals surface area contributed by atoms with E-state index in [-0.39, 0.29) is 11.0 Å². The van der Waals surface area contributed by atoms with E-state index in [1.165, 1.54) is 17.7 Å². The van der Waals surface area contributed by atoms with Crippen molar-refractivity contribution in [2.24, 2.45) is 0 Å². The molecule has 2 heterocycles. The van der Waals surface area contributed by atoms with Crippen LogP contribution in [0.25, 0.3) is 11.4 Å². The molecule has 29 heavy (non-hydrogen) atoms. The highest BCUT2D eigenvalue weighted by Crippen LogP contribution is 2.22. The molecule has 0 unspecified atom stereocenters. The SMILES string of the molecule is Cc1ccc(S(=O)(=O)O)cc1.Cc1nc(-c2ccc([C@H]3CNCCO3)cc2)no1. The van der Waals surface area contributed by atoms with Crippen LogP contribution >= 0.6 is 0 Å². The molecule has 0 aliphatic carbocycles. The number of benzene rings is 2. The highest BCUT2D eigenvalue weighted by Gasteiger charge is 2.15. The summed E-state index contributed by atoms with van der Waals surface area (Å²) in [4.78, 5) is 4.14. The molecule has 1 atom stereocenters. The van der Waals surface area contributed by atoms with E-state index in [0.29, 0.717) is 11.7 Å². The van der Waals surface area contributed by atoms with Gasteiger partial charge in [0.1, 0.15) is 0 Å². The summed E-state index contributed by atoms with van der Waals surface area (Å²) in [6.07, 6.45) is 0.139. The molecule has 1 saturated heterocycles. The number of hydrogen-bond donors (Lipinski definition) is 2. The van der Waals surface area contributed by atoms with Crippen LogP contribution in [-0.4, -0.2) is 42.8 Å². The lowest BCUT2D eigenvalue weighted by atomic mass is 10.1. The lowest BCUT2D eigenvalue weighted by Gasteiger charge is -2.23. The lowest BCUT2D eigenvalue weighted by Crippen LogP contribution is -2.33. The highest BCUT2D eigenvalue weighted by molar-refractivity contribution is 7.85. The number of nitrogens with one attached hydrogen (secondary N) is 1. The molecule has 0 radical (unpaired) electrons. The average molecular weight is 417 g/mol. The Hall–Kier alpha value is -2.59. The summed E-state index contributed by atoms with van der Waals surface area (Å²) in [7, 11) is -4.02. The predicted octanol–water partition coefficient (Wildman–Crippen LogP) is 2.95. The number of rotatable bonds is 3. The van der Waals surface area contributed by atoms with Gasteiger partial charge in [-0.2, -0.15) is 13.4 Å². The normalized spacial score (nSPS) is 16.7. The van der Waals surface area contributed by atoms with E-state index in [0.717, 1.165) is 30.8 Å². The fourth-order valence-electron chi connectivity index (χ4n) is 2.75. The zero-order valence-corrected chi connectivity index (χ0v) is 17.0. The fraction of sp³-hybridized carbons (Fsp3) is 0.300. The van der Waals surface area contributed by atoms with E-state index < -0.39 is 10.1 Å². The third-order valence-electron chi connectivity index (χ3n) is 4.31.